The minimum Gasteiger partial charge on any atom is -0.486 e. The Morgan fingerprint density at radius 1 is 1.07 bits per heavy atom. The van der Waals surface area contributed by atoms with Crippen LogP contribution < -0.4 is 9.46 Å². The van der Waals surface area contributed by atoms with Crippen LogP contribution in [0.1, 0.15) is 59.2 Å². The summed E-state index contributed by atoms with van der Waals surface area (Å²) in [7, 11) is -4.07. The van der Waals surface area contributed by atoms with Gasteiger partial charge in [0.2, 0.25) is 0 Å². The fourth-order valence-electron chi connectivity index (χ4n) is 3.85. The molecular weight excluding hydrogens is 379 g/mol. The fraction of sp³-hybridized carbons (Fsp3) is 0.529. The second-order valence-electron chi connectivity index (χ2n) is 7.15. The van der Waals surface area contributed by atoms with Gasteiger partial charge in [0.05, 0.1) is 17.2 Å². The maximum atomic E-state index is 14.6. The molecule has 2 N–H and O–H groups in total. The van der Waals surface area contributed by atoms with Crippen LogP contribution >= 0.6 is 0 Å². The highest BCUT2D eigenvalue weighted by Crippen LogP contribution is 2.39. The molecule has 1 aliphatic carbocycles. The maximum absolute atomic E-state index is 14.6. The van der Waals surface area contributed by atoms with Gasteiger partial charge in [0, 0.05) is 12.1 Å². The maximum Gasteiger partial charge on any atom is 0.338 e. The normalized spacial score (nSPS) is 24.8. The number of hydrogen-bond donors (Lipinski definition) is 2. The van der Waals surface area contributed by atoms with Crippen LogP contribution in [-0.2, 0) is 10.2 Å². The van der Waals surface area contributed by atoms with Crippen molar-refractivity contribution in [3.63, 3.8) is 0 Å². The first-order chi connectivity index (χ1) is 12.8. The Morgan fingerprint density at radius 2 is 1.63 bits per heavy atom. The molecule has 3 fully saturated rings. The molecule has 27 heavy (non-hydrogen) atoms. The van der Waals surface area contributed by atoms with Gasteiger partial charge in [0.25, 0.3) is 5.91 Å². The highest BCUT2D eigenvalue weighted by molar-refractivity contribution is 7.87. The third-order valence-electron chi connectivity index (χ3n) is 5.27. The Balaban J connectivity index is 1.63. The van der Waals surface area contributed by atoms with Gasteiger partial charge >= 0.3 is 16.2 Å². The molecule has 146 valence electrons. The van der Waals surface area contributed by atoms with Crippen LogP contribution in [0, 0.1) is 5.82 Å². The number of carbonyl (C=O) groups is 2. The Morgan fingerprint density at radius 3 is 2.15 bits per heavy atom. The SMILES string of the molecule is O=C(O)c1ccc(C(=O)NS(=O)(=O)N2C3CCC2CC3)c(OC2CC2)c1F. The molecule has 2 heterocycles. The molecule has 0 atom stereocenters. The smallest absolute Gasteiger partial charge is 0.338 e. The molecule has 1 aromatic carbocycles. The Bertz CT molecular complexity index is 894. The standard InChI is InChI=1S/C17H19FN2O6S/c18-14-12(17(22)23)7-8-13(15(14)26-11-5-6-11)16(21)19-27(24,25)20-9-1-2-10(20)4-3-9/h7-11H,1-6H2,(H,19,21)(H,22,23). The summed E-state index contributed by atoms with van der Waals surface area (Å²) in [5, 5.41) is 9.07. The van der Waals surface area contributed by atoms with Crippen molar-refractivity contribution in [1.82, 2.24) is 9.03 Å². The number of rotatable bonds is 6. The number of carbonyl (C=O) groups excluding carboxylic acids is 1. The second kappa shape index (κ2) is 6.45. The van der Waals surface area contributed by atoms with Crippen molar-refractivity contribution < 1.29 is 32.2 Å². The molecule has 0 radical (unpaired) electrons. The zero-order chi connectivity index (χ0) is 19.3. The van der Waals surface area contributed by atoms with Gasteiger partial charge < -0.3 is 9.84 Å². The van der Waals surface area contributed by atoms with E-state index in [2.05, 4.69) is 0 Å². The first-order valence-electron chi connectivity index (χ1n) is 8.86. The van der Waals surface area contributed by atoms with Gasteiger partial charge in [-0.3, -0.25) is 4.79 Å². The van der Waals surface area contributed by atoms with E-state index in [1.165, 1.54) is 4.31 Å². The molecule has 1 aromatic rings. The molecule has 4 rings (SSSR count). The first-order valence-corrected chi connectivity index (χ1v) is 10.3. The summed E-state index contributed by atoms with van der Waals surface area (Å²) in [6, 6.07) is 1.77. The number of amides is 1. The zero-order valence-electron chi connectivity index (χ0n) is 14.4. The van der Waals surface area contributed by atoms with Crippen LogP contribution in [0.5, 0.6) is 5.75 Å². The average Bonchev–Trinajstić information content (AvgIpc) is 3.19. The number of carboxylic acids is 1. The minimum absolute atomic E-state index is 0.117. The van der Waals surface area contributed by atoms with Gasteiger partial charge in [-0.15, -0.1) is 0 Å². The van der Waals surface area contributed by atoms with E-state index in [1.807, 2.05) is 4.72 Å². The van der Waals surface area contributed by atoms with E-state index in [4.69, 9.17) is 9.84 Å². The molecule has 10 heteroatoms. The van der Waals surface area contributed by atoms with Crippen LogP contribution in [-0.4, -0.2) is 47.9 Å². The van der Waals surface area contributed by atoms with Gasteiger partial charge in [0.1, 0.15) is 0 Å². The third-order valence-corrected chi connectivity index (χ3v) is 6.86. The lowest BCUT2D eigenvalue weighted by atomic mass is 10.0. The number of benzene rings is 1. The predicted molar refractivity (Wildman–Crippen MR) is 91.3 cm³/mol. The van der Waals surface area contributed by atoms with Crippen LogP contribution in [0.3, 0.4) is 0 Å². The number of fused-ring (bicyclic) bond motifs is 2. The van der Waals surface area contributed by atoms with E-state index in [1.54, 1.807) is 0 Å². The number of halogens is 1. The number of nitrogens with one attached hydrogen (secondary N) is 1. The van der Waals surface area contributed by atoms with Gasteiger partial charge in [-0.1, -0.05) is 0 Å². The predicted octanol–water partition coefficient (Wildman–Crippen LogP) is 1.67. The Kier molecular flexibility index (Phi) is 4.34. The molecule has 2 bridgehead atoms. The molecule has 0 spiro atoms. The average molecular weight is 398 g/mol. The van der Waals surface area contributed by atoms with Gasteiger partial charge in [-0.2, -0.15) is 12.7 Å². The first kappa shape index (κ1) is 18.2. The molecule has 3 aliphatic rings. The molecule has 1 amide bonds. The van der Waals surface area contributed by atoms with Crippen molar-refractivity contribution in [1.29, 1.82) is 0 Å². The quantitative estimate of drug-likeness (QED) is 0.754. The van der Waals surface area contributed by atoms with Crippen molar-refractivity contribution in [3.8, 4) is 5.75 Å². The highest BCUT2D eigenvalue weighted by Gasteiger charge is 2.47. The van der Waals surface area contributed by atoms with Crippen LogP contribution in [0.4, 0.5) is 4.39 Å². The fourth-order valence-corrected chi connectivity index (χ4v) is 5.51. The van der Waals surface area contributed by atoms with Gasteiger partial charge in [-0.25, -0.2) is 13.9 Å². The van der Waals surface area contributed by atoms with Crippen LogP contribution in [0.15, 0.2) is 12.1 Å². The molecule has 0 aromatic heterocycles. The van der Waals surface area contributed by atoms with E-state index in [0.717, 1.165) is 37.8 Å². The topological polar surface area (TPSA) is 113 Å². The number of ether oxygens (including phenoxy) is 1. The summed E-state index contributed by atoms with van der Waals surface area (Å²) in [5.41, 5.74) is -0.970. The molecule has 2 aliphatic heterocycles. The molecule has 2 saturated heterocycles. The van der Waals surface area contributed by atoms with E-state index in [0.29, 0.717) is 12.8 Å². The molecule has 1 saturated carbocycles. The molecule has 0 unspecified atom stereocenters. The van der Waals surface area contributed by atoms with Crippen molar-refractivity contribution in [2.75, 3.05) is 0 Å². The lowest BCUT2D eigenvalue weighted by Gasteiger charge is -2.22. The van der Waals surface area contributed by atoms with Gasteiger partial charge in [0.15, 0.2) is 11.6 Å². The van der Waals surface area contributed by atoms with E-state index in [9.17, 15) is 22.4 Å². The van der Waals surface area contributed by atoms with E-state index >= 15 is 0 Å². The van der Waals surface area contributed by atoms with Crippen molar-refractivity contribution in [2.24, 2.45) is 0 Å². The Labute approximate surface area is 155 Å². The number of nitrogens with zero attached hydrogens (tertiary/aromatic N) is 1. The lowest BCUT2D eigenvalue weighted by Crippen LogP contribution is -2.45. The summed E-state index contributed by atoms with van der Waals surface area (Å²) < 4.78 is 48.6. The number of aromatic carboxylic acids is 1. The van der Waals surface area contributed by atoms with Crippen molar-refractivity contribution in [2.45, 2.75) is 56.7 Å². The summed E-state index contributed by atoms with van der Waals surface area (Å²) in [4.78, 5) is 23.7. The summed E-state index contributed by atoms with van der Waals surface area (Å²) >= 11 is 0. The second-order valence-corrected chi connectivity index (χ2v) is 8.73. The van der Waals surface area contributed by atoms with Gasteiger partial charge in [-0.05, 0) is 50.7 Å². The summed E-state index contributed by atoms with van der Waals surface area (Å²) in [6.45, 7) is 0. The number of hydrogen-bond acceptors (Lipinski definition) is 5. The zero-order valence-corrected chi connectivity index (χ0v) is 15.2. The summed E-state index contributed by atoms with van der Waals surface area (Å²) in [6.07, 6.45) is 4.06. The van der Waals surface area contributed by atoms with Crippen LogP contribution in [0.2, 0.25) is 0 Å². The number of carboxylic acid groups (broad SMARTS) is 1. The van der Waals surface area contributed by atoms with Crippen molar-refractivity contribution in [3.05, 3.63) is 29.1 Å². The highest BCUT2D eigenvalue weighted by atomic mass is 32.2. The van der Waals surface area contributed by atoms with Crippen molar-refractivity contribution >= 4 is 22.1 Å². The van der Waals surface area contributed by atoms with Crippen LogP contribution in [0.25, 0.3) is 0 Å². The monoisotopic (exact) mass is 398 g/mol. The Hall–Kier alpha value is -2.20. The largest absolute Gasteiger partial charge is 0.486 e. The minimum atomic E-state index is -4.07. The van der Waals surface area contributed by atoms with E-state index in [-0.39, 0.29) is 23.8 Å². The van der Waals surface area contributed by atoms with E-state index < -0.39 is 39.2 Å². The molecular formula is C17H19FN2O6S. The molecule has 8 nitrogen and oxygen atoms in total. The summed E-state index contributed by atoms with van der Waals surface area (Å²) in [5.74, 6) is -4.23. The third kappa shape index (κ3) is 3.27. The lowest BCUT2D eigenvalue weighted by molar-refractivity contribution is 0.0689.